The fourth-order valence-electron chi connectivity index (χ4n) is 2.80. The highest BCUT2D eigenvalue weighted by atomic mass is 79.9. The van der Waals surface area contributed by atoms with E-state index in [2.05, 4.69) is 25.8 Å². The van der Waals surface area contributed by atoms with Crippen LogP contribution in [0.5, 0.6) is 0 Å². The second-order valence-electron chi connectivity index (χ2n) is 4.44. The van der Waals surface area contributed by atoms with Crippen LogP contribution >= 0.6 is 15.9 Å². The van der Waals surface area contributed by atoms with Crippen LogP contribution < -0.4 is 4.90 Å². The van der Waals surface area contributed by atoms with Gasteiger partial charge < -0.3 is 4.90 Å². The lowest BCUT2D eigenvalue weighted by atomic mass is 10.1. The van der Waals surface area contributed by atoms with E-state index in [9.17, 15) is 4.39 Å². The normalized spacial score (nSPS) is 28.8. The van der Waals surface area contributed by atoms with Crippen LogP contribution in [0.2, 0.25) is 0 Å². The Balaban J connectivity index is 1.93. The van der Waals surface area contributed by atoms with Crippen molar-refractivity contribution in [3.05, 3.63) is 22.6 Å². The van der Waals surface area contributed by atoms with Gasteiger partial charge in [-0.1, -0.05) is 0 Å². The first-order valence-electron chi connectivity index (χ1n) is 5.32. The van der Waals surface area contributed by atoms with Crippen molar-refractivity contribution < 1.29 is 4.39 Å². The molecule has 2 atom stereocenters. The number of nitrogens with zero attached hydrogens (tertiary/aromatic N) is 2. The molecule has 1 saturated heterocycles. The number of pyridine rings is 1. The topological polar surface area (TPSA) is 16.1 Å². The predicted octanol–water partition coefficient (Wildman–Crippen LogP) is 2.97. The van der Waals surface area contributed by atoms with Crippen LogP contribution in [-0.4, -0.2) is 17.6 Å². The maximum absolute atomic E-state index is 13.7. The molecule has 1 aliphatic carbocycles. The third-order valence-electron chi connectivity index (χ3n) is 3.47. The first-order chi connectivity index (χ1) is 7.24. The van der Waals surface area contributed by atoms with E-state index in [0.29, 0.717) is 16.3 Å². The highest BCUT2D eigenvalue weighted by molar-refractivity contribution is 9.10. The quantitative estimate of drug-likeness (QED) is 0.780. The average Bonchev–Trinajstić information content (AvgIpc) is 2.78. The van der Waals surface area contributed by atoms with Crippen molar-refractivity contribution >= 4 is 21.7 Å². The summed E-state index contributed by atoms with van der Waals surface area (Å²) in [7, 11) is 0. The van der Waals surface area contributed by atoms with Crippen LogP contribution in [0.25, 0.3) is 0 Å². The van der Waals surface area contributed by atoms with E-state index in [-0.39, 0.29) is 5.82 Å². The Kier molecular flexibility index (Phi) is 2.20. The Hall–Kier alpha value is -0.640. The zero-order valence-corrected chi connectivity index (χ0v) is 9.87. The molecule has 1 saturated carbocycles. The lowest BCUT2D eigenvalue weighted by molar-refractivity contribution is 0.534. The summed E-state index contributed by atoms with van der Waals surface area (Å²) in [6, 6.07) is 2.02. The molecule has 1 aromatic heterocycles. The second-order valence-corrected chi connectivity index (χ2v) is 5.36. The molecule has 80 valence electrons. The van der Waals surface area contributed by atoms with Crippen molar-refractivity contribution in [1.82, 2.24) is 4.98 Å². The summed E-state index contributed by atoms with van der Waals surface area (Å²) in [5, 5.41) is 0. The van der Waals surface area contributed by atoms with E-state index in [4.69, 9.17) is 0 Å². The molecule has 0 N–H and O–H groups in total. The zero-order valence-electron chi connectivity index (χ0n) is 8.29. The first-order valence-corrected chi connectivity index (χ1v) is 6.11. The summed E-state index contributed by atoms with van der Waals surface area (Å²) in [5.74, 6) is 1.09. The smallest absolute Gasteiger partial charge is 0.166 e. The summed E-state index contributed by atoms with van der Waals surface area (Å²) in [6.07, 6.45) is 5.39. The lowest BCUT2D eigenvalue weighted by Gasteiger charge is -2.28. The minimum Gasteiger partial charge on any atom is -0.351 e. The summed E-state index contributed by atoms with van der Waals surface area (Å²) >= 11 is 3.22. The fraction of sp³-hybridized carbons (Fsp3) is 0.545. The standard InChI is InChI=1S/C11H12BrFN2/c12-8-4-10(13)11(14-5-8)15-6-7-1-2-9(15)3-7/h4-5,7,9H,1-3,6H2. The van der Waals surface area contributed by atoms with E-state index in [1.54, 1.807) is 6.20 Å². The Labute approximate surface area is 96.6 Å². The van der Waals surface area contributed by atoms with Gasteiger partial charge in [-0.15, -0.1) is 0 Å². The van der Waals surface area contributed by atoms with Gasteiger partial charge in [-0.05, 0) is 47.2 Å². The molecular weight excluding hydrogens is 259 g/mol. The molecule has 4 heteroatoms. The Morgan fingerprint density at radius 1 is 1.47 bits per heavy atom. The van der Waals surface area contributed by atoms with Crippen molar-refractivity contribution in [2.24, 2.45) is 5.92 Å². The summed E-state index contributed by atoms with van der Waals surface area (Å²) in [5.41, 5.74) is 0. The van der Waals surface area contributed by atoms with Crippen molar-refractivity contribution in [2.45, 2.75) is 25.3 Å². The number of piperidine rings is 1. The largest absolute Gasteiger partial charge is 0.351 e. The first kappa shape index (κ1) is 9.58. The molecule has 1 aliphatic heterocycles. The fourth-order valence-corrected chi connectivity index (χ4v) is 3.11. The third kappa shape index (κ3) is 1.55. The molecule has 0 spiro atoms. The number of halogens is 2. The van der Waals surface area contributed by atoms with Gasteiger partial charge in [0.25, 0.3) is 0 Å². The van der Waals surface area contributed by atoms with Crippen molar-refractivity contribution in [1.29, 1.82) is 0 Å². The van der Waals surface area contributed by atoms with Gasteiger partial charge in [0.15, 0.2) is 11.6 Å². The molecule has 2 bridgehead atoms. The predicted molar refractivity (Wildman–Crippen MR) is 60.4 cm³/mol. The van der Waals surface area contributed by atoms with E-state index >= 15 is 0 Å². The maximum atomic E-state index is 13.7. The molecule has 0 amide bonds. The number of hydrogen-bond donors (Lipinski definition) is 0. The van der Waals surface area contributed by atoms with Gasteiger partial charge in [-0.2, -0.15) is 0 Å². The van der Waals surface area contributed by atoms with Gasteiger partial charge in [0, 0.05) is 23.3 Å². The maximum Gasteiger partial charge on any atom is 0.166 e. The van der Waals surface area contributed by atoms with E-state index in [1.165, 1.54) is 25.3 Å². The SMILES string of the molecule is Fc1cc(Br)cnc1N1CC2CCC1C2. The molecule has 1 aromatic rings. The summed E-state index contributed by atoms with van der Waals surface area (Å²) in [6.45, 7) is 0.982. The van der Waals surface area contributed by atoms with Crippen molar-refractivity contribution in [2.75, 3.05) is 11.4 Å². The van der Waals surface area contributed by atoms with Gasteiger partial charge in [0.05, 0.1) is 0 Å². The van der Waals surface area contributed by atoms with Crippen LogP contribution in [-0.2, 0) is 0 Å². The molecule has 2 aliphatic rings. The van der Waals surface area contributed by atoms with Gasteiger partial charge in [0.2, 0.25) is 0 Å². The molecule has 15 heavy (non-hydrogen) atoms. The Morgan fingerprint density at radius 2 is 2.33 bits per heavy atom. The molecule has 2 unspecified atom stereocenters. The summed E-state index contributed by atoms with van der Waals surface area (Å²) < 4.78 is 14.4. The molecule has 0 aromatic carbocycles. The molecular formula is C11H12BrFN2. The van der Waals surface area contributed by atoms with Crippen molar-refractivity contribution in [3.63, 3.8) is 0 Å². The number of fused-ring (bicyclic) bond motifs is 2. The molecule has 3 rings (SSSR count). The second kappa shape index (κ2) is 3.44. The van der Waals surface area contributed by atoms with Crippen LogP contribution in [0.3, 0.4) is 0 Å². The third-order valence-corrected chi connectivity index (χ3v) is 3.90. The van der Waals surface area contributed by atoms with Crippen LogP contribution in [0.4, 0.5) is 10.2 Å². The molecule has 2 heterocycles. The highest BCUT2D eigenvalue weighted by Gasteiger charge is 2.39. The lowest BCUT2D eigenvalue weighted by Crippen LogP contribution is -2.33. The average molecular weight is 271 g/mol. The minimum absolute atomic E-state index is 0.211. The van der Waals surface area contributed by atoms with Gasteiger partial charge in [0.1, 0.15) is 0 Å². The Morgan fingerprint density at radius 3 is 2.93 bits per heavy atom. The Bertz CT molecular complexity index is 396. The number of hydrogen-bond acceptors (Lipinski definition) is 2. The number of aromatic nitrogens is 1. The van der Waals surface area contributed by atoms with Crippen LogP contribution in [0.1, 0.15) is 19.3 Å². The monoisotopic (exact) mass is 270 g/mol. The van der Waals surface area contributed by atoms with Gasteiger partial charge >= 0.3 is 0 Å². The van der Waals surface area contributed by atoms with E-state index < -0.39 is 0 Å². The van der Waals surface area contributed by atoms with Gasteiger partial charge in [-0.3, -0.25) is 0 Å². The minimum atomic E-state index is -0.211. The van der Waals surface area contributed by atoms with Gasteiger partial charge in [-0.25, -0.2) is 9.37 Å². The van der Waals surface area contributed by atoms with E-state index in [0.717, 1.165) is 12.5 Å². The molecule has 2 fully saturated rings. The van der Waals surface area contributed by atoms with E-state index in [1.807, 2.05) is 0 Å². The number of rotatable bonds is 1. The number of anilines is 1. The van der Waals surface area contributed by atoms with Crippen molar-refractivity contribution in [3.8, 4) is 0 Å². The molecule has 0 radical (unpaired) electrons. The molecule has 2 nitrogen and oxygen atoms in total. The van der Waals surface area contributed by atoms with Crippen LogP contribution in [0.15, 0.2) is 16.7 Å². The zero-order chi connectivity index (χ0) is 10.4. The highest BCUT2D eigenvalue weighted by Crippen LogP contribution is 2.40. The van der Waals surface area contributed by atoms with Crippen LogP contribution in [0, 0.1) is 11.7 Å². The summed E-state index contributed by atoms with van der Waals surface area (Å²) in [4.78, 5) is 6.32.